The molecule has 1 fully saturated rings. The second kappa shape index (κ2) is 4.30. The van der Waals surface area contributed by atoms with Gasteiger partial charge in [0.15, 0.2) is 0 Å². The molecule has 3 heteroatoms. The molecule has 1 N–H and O–H groups in total. The SMILES string of the molecule is COCC1CNC1c1ccccc1Cl. The summed E-state index contributed by atoms with van der Waals surface area (Å²) in [4.78, 5) is 0. The minimum Gasteiger partial charge on any atom is -0.384 e. The third-order valence-corrected chi connectivity index (χ3v) is 3.04. The van der Waals surface area contributed by atoms with Gasteiger partial charge in [-0.1, -0.05) is 29.8 Å². The van der Waals surface area contributed by atoms with E-state index in [4.69, 9.17) is 16.3 Å². The van der Waals surface area contributed by atoms with Crippen molar-refractivity contribution in [1.82, 2.24) is 5.32 Å². The lowest BCUT2D eigenvalue weighted by Gasteiger charge is -2.38. The van der Waals surface area contributed by atoms with Gasteiger partial charge in [-0.15, -0.1) is 0 Å². The van der Waals surface area contributed by atoms with Gasteiger partial charge in [-0.3, -0.25) is 0 Å². The lowest BCUT2D eigenvalue weighted by atomic mass is 9.87. The summed E-state index contributed by atoms with van der Waals surface area (Å²) in [6, 6.07) is 8.34. The molecule has 2 unspecified atom stereocenters. The van der Waals surface area contributed by atoms with Crippen LogP contribution in [0.1, 0.15) is 11.6 Å². The average Bonchev–Trinajstić information content (AvgIpc) is 2.16. The molecule has 0 spiro atoms. The smallest absolute Gasteiger partial charge is 0.0520 e. The summed E-state index contributed by atoms with van der Waals surface area (Å²) in [6.45, 7) is 1.81. The fourth-order valence-corrected chi connectivity index (χ4v) is 2.12. The van der Waals surface area contributed by atoms with Gasteiger partial charge in [0.05, 0.1) is 6.61 Å². The standard InChI is InChI=1S/C11H14ClNO/c1-14-7-8-6-13-11(8)9-4-2-3-5-10(9)12/h2-5,8,11,13H,6-7H2,1H3. The monoisotopic (exact) mass is 211 g/mol. The third-order valence-electron chi connectivity index (χ3n) is 2.69. The van der Waals surface area contributed by atoms with E-state index < -0.39 is 0 Å². The van der Waals surface area contributed by atoms with Crippen LogP contribution in [0.2, 0.25) is 5.02 Å². The van der Waals surface area contributed by atoms with E-state index in [1.165, 1.54) is 5.56 Å². The second-order valence-corrected chi connectivity index (χ2v) is 4.03. The topological polar surface area (TPSA) is 21.3 Å². The van der Waals surface area contributed by atoms with Crippen molar-refractivity contribution in [3.63, 3.8) is 0 Å². The van der Waals surface area contributed by atoms with Gasteiger partial charge < -0.3 is 10.1 Å². The van der Waals surface area contributed by atoms with Crippen LogP contribution in [0.15, 0.2) is 24.3 Å². The van der Waals surface area contributed by atoms with Crippen molar-refractivity contribution in [2.75, 3.05) is 20.3 Å². The predicted octanol–water partition coefficient (Wildman–Crippen LogP) is 2.25. The van der Waals surface area contributed by atoms with E-state index in [-0.39, 0.29) is 0 Å². The van der Waals surface area contributed by atoms with Crippen LogP contribution in [0, 0.1) is 5.92 Å². The van der Waals surface area contributed by atoms with E-state index in [0.717, 1.165) is 18.2 Å². The van der Waals surface area contributed by atoms with E-state index in [1.807, 2.05) is 18.2 Å². The number of rotatable bonds is 3. The molecule has 0 aromatic heterocycles. The quantitative estimate of drug-likeness (QED) is 0.828. The highest BCUT2D eigenvalue weighted by molar-refractivity contribution is 6.31. The molecule has 1 aliphatic rings. The van der Waals surface area contributed by atoms with Crippen LogP contribution in [0.3, 0.4) is 0 Å². The highest BCUT2D eigenvalue weighted by Gasteiger charge is 2.32. The number of methoxy groups -OCH3 is 1. The second-order valence-electron chi connectivity index (χ2n) is 3.62. The Hall–Kier alpha value is -0.570. The molecule has 2 atom stereocenters. The van der Waals surface area contributed by atoms with Crippen molar-refractivity contribution in [3.05, 3.63) is 34.9 Å². The van der Waals surface area contributed by atoms with Crippen LogP contribution in [0.4, 0.5) is 0 Å². The Labute approximate surface area is 89.2 Å². The van der Waals surface area contributed by atoms with Crippen LogP contribution in [0.25, 0.3) is 0 Å². The van der Waals surface area contributed by atoms with Gasteiger partial charge in [0.1, 0.15) is 0 Å². The zero-order valence-corrected chi connectivity index (χ0v) is 8.92. The summed E-state index contributed by atoms with van der Waals surface area (Å²) in [5.74, 6) is 0.555. The van der Waals surface area contributed by atoms with Gasteiger partial charge in [0, 0.05) is 30.6 Å². The number of ether oxygens (including phenoxy) is 1. The van der Waals surface area contributed by atoms with Crippen molar-refractivity contribution >= 4 is 11.6 Å². The van der Waals surface area contributed by atoms with Crippen LogP contribution >= 0.6 is 11.6 Å². The Kier molecular flexibility index (Phi) is 3.06. The van der Waals surface area contributed by atoms with Gasteiger partial charge in [-0.2, -0.15) is 0 Å². The Morgan fingerprint density at radius 3 is 2.86 bits per heavy atom. The van der Waals surface area contributed by atoms with Gasteiger partial charge in [0.2, 0.25) is 0 Å². The molecule has 2 rings (SSSR count). The average molecular weight is 212 g/mol. The molecule has 0 radical (unpaired) electrons. The maximum atomic E-state index is 6.12. The van der Waals surface area contributed by atoms with Gasteiger partial charge >= 0.3 is 0 Å². The minimum absolute atomic E-state index is 0.364. The minimum atomic E-state index is 0.364. The van der Waals surface area contributed by atoms with Crippen LogP contribution in [0.5, 0.6) is 0 Å². The number of nitrogens with one attached hydrogen (secondary N) is 1. The molecule has 1 heterocycles. The third kappa shape index (κ3) is 1.78. The van der Waals surface area contributed by atoms with E-state index in [2.05, 4.69) is 11.4 Å². The Balaban J connectivity index is 2.12. The molecular weight excluding hydrogens is 198 g/mol. The summed E-state index contributed by atoms with van der Waals surface area (Å²) in [5.41, 5.74) is 1.18. The molecular formula is C11H14ClNO. The Bertz CT molecular complexity index is 316. The number of benzene rings is 1. The highest BCUT2D eigenvalue weighted by atomic mass is 35.5. The van der Waals surface area contributed by atoms with Gasteiger partial charge in [0.25, 0.3) is 0 Å². The molecule has 0 bridgehead atoms. The maximum absolute atomic E-state index is 6.12. The van der Waals surface area contributed by atoms with Crippen LogP contribution in [-0.4, -0.2) is 20.3 Å². The summed E-state index contributed by atoms with van der Waals surface area (Å²) in [5, 5.41) is 4.21. The first kappa shape index (κ1) is 9.97. The number of halogens is 1. The molecule has 0 amide bonds. The maximum Gasteiger partial charge on any atom is 0.0520 e. The molecule has 2 nitrogen and oxygen atoms in total. The molecule has 14 heavy (non-hydrogen) atoms. The van der Waals surface area contributed by atoms with E-state index in [9.17, 15) is 0 Å². The summed E-state index contributed by atoms with van der Waals surface area (Å²) in [7, 11) is 1.74. The first-order chi connectivity index (χ1) is 6.83. The van der Waals surface area contributed by atoms with Crippen molar-refractivity contribution in [2.24, 2.45) is 5.92 Å². The van der Waals surface area contributed by atoms with Crippen molar-refractivity contribution in [3.8, 4) is 0 Å². The predicted molar refractivity (Wildman–Crippen MR) is 57.6 cm³/mol. The normalized spacial score (nSPS) is 25.9. The van der Waals surface area contributed by atoms with Crippen LogP contribution < -0.4 is 5.32 Å². The van der Waals surface area contributed by atoms with Crippen molar-refractivity contribution in [2.45, 2.75) is 6.04 Å². The van der Waals surface area contributed by atoms with Gasteiger partial charge in [-0.25, -0.2) is 0 Å². The lowest BCUT2D eigenvalue weighted by Crippen LogP contribution is -2.47. The number of hydrogen-bond donors (Lipinski definition) is 1. The zero-order chi connectivity index (χ0) is 9.97. The molecule has 76 valence electrons. The summed E-state index contributed by atoms with van der Waals surface area (Å²) in [6.07, 6.45) is 0. The molecule has 1 aromatic rings. The summed E-state index contributed by atoms with van der Waals surface area (Å²) >= 11 is 6.12. The highest BCUT2D eigenvalue weighted by Crippen LogP contribution is 2.33. The first-order valence-corrected chi connectivity index (χ1v) is 5.17. The van der Waals surface area contributed by atoms with E-state index >= 15 is 0 Å². The lowest BCUT2D eigenvalue weighted by molar-refractivity contribution is 0.0883. The largest absolute Gasteiger partial charge is 0.384 e. The van der Waals surface area contributed by atoms with E-state index in [0.29, 0.717) is 12.0 Å². The zero-order valence-electron chi connectivity index (χ0n) is 8.16. The Morgan fingerprint density at radius 2 is 2.29 bits per heavy atom. The van der Waals surface area contributed by atoms with Crippen molar-refractivity contribution < 1.29 is 4.74 Å². The molecule has 0 aliphatic carbocycles. The molecule has 1 aliphatic heterocycles. The van der Waals surface area contributed by atoms with Crippen LogP contribution in [-0.2, 0) is 4.74 Å². The first-order valence-electron chi connectivity index (χ1n) is 4.79. The number of hydrogen-bond acceptors (Lipinski definition) is 2. The van der Waals surface area contributed by atoms with Crippen molar-refractivity contribution in [1.29, 1.82) is 0 Å². The molecule has 1 saturated heterocycles. The Morgan fingerprint density at radius 1 is 1.50 bits per heavy atom. The molecule has 1 aromatic carbocycles. The fourth-order valence-electron chi connectivity index (χ4n) is 1.86. The van der Waals surface area contributed by atoms with Gasteiger partial charge in [-0.05, 0) is 11.6 Å². The summed E-state index contributed by atoms with van der Waals surface area (Å²) < 4.78 is 5.15. The molecule has 0 saturated carbocycles. The van der Waals surface area contributed by atoms with E-state index in [1.54, 1.807) is 7.11 Å². The fraction of sp³-hybridized carbons (Fsp3) is 0.455.